The van der Waals surface area contributed by atoms with Crippen LogP contribution in [0, 0.1) is 5.92 Å². The average molecular weight is 455 g/mol. The average Bonchev–Trinajstić information content (AvgIpc) is 3.49. The second-order valence-electron chi connectivity index (χ2n) is 10.7. The quantitative estimate of drug-likeness (QED) is 0.302. The first kappa shape index (κ1) is 24.4. The molecule has 2 aliphatic heterocycles. The monoisotopic (exact) mass is 454 g/mol. The molecule has 0 unspecified atom stereocenters. The van der Waals surface area contributed by atoms with E-state index in [1.807, 2.05) is 6.92 Å². The first-order valence-electron chi connectivity index (χ1n) is 10.8. The number of hydrogen-bond acceptors (Lipinski definition) is 5. The van der Waals surface area contributed by atoms with Crippen LogP contribution in [0.5, 0.6) is 0 Å². The van der Waals surface area contributed by atoms with Crippen molar-refractivity contribution in [3.63, 3.8) is 0 Å². The van der Waals surface area contributed by atoms with Crippen LogP contribution in [0.2, 0.25) is 18.1 Å². The van der Waals surface area contributed by atoms with Crippen molar-refractivity contribution in [3.05, 3.63) is 0 Å². The summed E-state index contributed by atoms with van der Waals surface area (Å²) in [5.41, 5.74) is -0.779. The fourth-order valence-corrected chi connectivity index (χ4v) is 6.09. The highest BCUT2D eigenvalue weighted by atomic mass is 28.4. The van der Waals surface area contributed by atoms with Crippen molar-refractivity contribution < 1.29 is 36.5 Å². The van der Waals surface area contributed by atoms with Gasteiger partial charge in [-0.3, -0.25) is 0 Å². The van der Waals surface area contributed by atoms with Crippen molar-refractivity contribution in [3.8, 4) is 0 Å². The molecular formula is C21H37F3O5Si. The Morgan fingerprint density at radius 1 is 1.17 bits per heavy atom. The van der Waals surface area contributed by atoms with E-state index in [0.717, 1.165) is 12.8 Å². The van der Waals surface area contributed by atoms with E-state index < -0.39 is 26.7 Å². The lowest BCUT2D eigenvalue weighted by Gasteiger charge is -2.47. The molecule has 1 saturated carbocycles. The normalized spacial score (nSPS) is 39.4. The number of ether oxygens (including phenoxy) is 4. The predicted molar refractivity (Wildman–Crippen MR) is 109 cm³/mol. The van der Waals surface area contributed by atoms with Gasteiger partial charge in [-0.15, -0.1) is 0 Å². The molecule has 0 aromatic carbocycles. The second kappa shape index (κ2) is 7.99. The van der Waals surface area contributed by atoms with Gasteiger partial charge in [0.2, 0.25) is 0 Å². The van der Waals surface area contributed by atoms with E-state index in [9.17, 15) is 13.2 Å². The van der Waals surface area contributed by atoms with E-state index >= 15 is 0 Å². The topological polar surface area (TPSA) is 52.8 Å². The zero-order chi connectivity index (χ0) is 22.6. The van der Waals surface area contributed by atoms with Crippen molar-refractivity contribution in [2.45, 2.75) is 101 Å². The summed E-state index contributed by atoms with van der Waals surface area (Å²) in [5, 5.41) is 0.0876. The summed E-state index contributed by atoms with van der Waals surface area (Å²) >= 11 is 0. The highest BCUT2D eigenvalue weighted by molar-refractivity contribution is 6.74. The lowest BCUT2D eigenvalue weighted by Crippen LogP contribution is -2.58. The Kier molecular flexibility index (Phi) is 6.51. The maximum atomic E-state index is 12.3. The van der Waals surface area contributed by atoms with Gasteiger partial charge < -0.3 is 23.4 Å². The van der Waals surface area contributed by atoms with Crippen molar-refractivity contribution in [1.82, 2.24) is 0 Å². The zero-order valence-corrected chi connectivity index (χ0v) is 20.2. The molecule has 9 heteroatoms. The SMILES string of the molecule is CO[C@@H]1[C@H](O[Si](C)(C)C(C)(C)C)CC[C@]2(CO2)[C@H]1[C@]1(C)O[C@@H]1CCOCC(F)(F)F. The third kappa shape index (κ3) is 4.91. The van der Waals surface area contributed by atoms with Crippen LogP contribution in [0.4, 0.5) is 13.2 Å². The molecule has 3 fully saturated rings. The van der Waals surface area contributed by atoms with Gasteiger partial charge in [0.25, 0.3) is 0 Å². The van der Waals surface area contributed by atoms with Crippen LogP contribution in [0.1, 0.15) is 47.0 Å². The molecule has 2 heterocycles. The molecule has 3 rings (SSSR count). The summed E-state index contributed by atoms with van der Waals surface area (Å²) in [6, 6.07) is 0. The number of epoxide rings is 2. The Balaban J connectivity index is 1.68. The number of rotatable bonds is 8. The largest absolute Gasteiger partial charge is 0.411 e. The van der Waals surface area contributed by atoms with Crippen molar-refractivity contribution in [1.29, 1.82) is 0 Å². The Labute approximate surface area is 179 Å². The molecule has 30 heavy (non-hydrogen) atoms. The first-order valence-corrected chi connectivity index (χ1v) is 13.7. The highest BCUT2D eigenvalue weighted by Crippen LogP contribution is 2.60. The van der Waals surface area contributed by atoms with Gasteiger partial charge in [-0.1, -0.05) is 20.8 Å². The summed E-state index contributed by atoms with van der Waals surface area (Å²) in [7, 11) is -0.291. The van der Waals surface area contributed by atoms with Gasteiger partial charge in [0.1, 0.15) is 12.2 Å². The standard InChI is InChI=1S/C21H37F3O5Si/c1-18(2,3)30(6,7)29-14-8-10-20(12-27-20)17(16(14)25-5)19(4)15(28-19)9-11-26-13-21(22,23)24/h14-17H,8-13H2,1-7H3/t14-,15-,16-,17-,19-,20+/m1/s1. The maximum absolute atomic E-state index is 12.3. The third-order valence-corrected chi connectivity index (χ3v) is 12.0. The molecule has 1 spiro atoms. The fourth-order valence-electron chi connectivity index (χ4n) is 4.72. The second-order valence-corrected chi connectivity index (χ2v) is 15.5. The van der Waals surface area contributed by atoms with Crippen LogP contribution in [0.3, 0.4) is 0 Å². The summed E-state index contributed by atoms with van der Waals surface area (Å²) in [4.78, 5) is 0. The number of alkyl halides is 3. The van der Waals surface area contributed by atoms with Crippen LogP contribution in [-0.2, 0) is 23.4 Å². The van der Waals surface area contributed by atoms with Gasteiger partial charge in [-0.25, -0.2) is 0 Å². The van der Waals surface area contributed by atoms with E-state index in [1.54, 1.807) is 7.11 Å². The molecule has 0 bridgehead atoms. The highest BCUT2D eigenvalue weighted by Gasteiger charge is 2.72. The zero-order valence-electron chi connectivity index (χ0n) is 19.2. The van der Waals surface area contributed by atoms with E-state index in [0.29, 0.717) is 13.0 Å². The maximum Gasteiger partial charge on any atom is 0.411 e. The van der Waals surface area contributed by atoms with Gasteiger partial charge >= 0.3 is 6.18 Å². The van der Waals surface area contributed by atoms with Crippen LogP contribution in [-0.4, -0.2) is 70.9 Å². The van der Waals surface area contributed by atoms with Gasteiger partial charge in [-0.05, 0) is 44.3 Å². The van der Waals surface area contributed by atoms with Crippen molar-refractivity contribution >= 4 is 8.32 Å². The lowest BCUT2D eigenvalue weighted by molar-refractivity contribution is -0.174. The van der Waals surface area contributed by atoms with E-state index in [1.165, 1.54) is 0 Å². The molecule has 5 nitrogen and oxygen atoms in total. The predicted octanol–water partition coefficient (Wildman–Crippen LogP) is 4.70. The molecule has 1 aliphatic carbocycles. The number of methoxy groups -OCH3 is 1. The molecule has 2 saturated heterocycles. The molecule has 3 aliphatic rings. The Morgan fingerprint density at radius 3 is 2.30 bits per heavy atom. The van der Waals surface area contributed by atoms with E-state index in [2.05, 4.69) is 33.9 Å². The molecule has 0 N–H and O–H groups in total. The fraction of sp³-hybridized carbons (Fsp3) is 1.00. The Hall–Kier alpha value is -0.193. The van der Waals surface area contributed by atoms with Crippen LogP contribution in [0.25, 0.3) is 0 Å². The molecule has 6 atom stereocenters. The minimum atomic E-state index is -4.31. The van der Waals surface area contributed by atoms with Gasteiger partial charge in [0.15, 0.2) is 8.32 Å². The van der Waals surface area contributed by atoms with Crippen LogP contribution < -0.4 is 0 Å². The summed E-state index contributed by atoms with van der Waals surface area (Å²) in [5.74, 6) is -0.0221. The molecule has 0 aromatic rings. The van der Waals surface area contributed by atoms with Gasteiger partial charge in [0.05, 0.1) is 36.4 Å². The van der Waals surface area contributed by atoms with Gasteiger partial charge in [-0.2, -0.15) is 13.2 Å². The summed E-state index contributed by atoms with van der Waals surface area (Å²) in [6.45, 7) is 12.6. The number of halogens is 3. The first-order chi connectivity index (χ1) is 13.7. The van der Waals surface area contributed by atoms with Crippen LogP contribution in [0.15, 0.2) is 0 Å². The smallest absolute Gasteiger partial charge is 0.411 e. The summed E-state index contributed by atoms with van der Waals surface area (Å²) < 4.78 is 66.4. The molecule has 176 valence electrons. The van der Waals surface area contributed by atoms with Crippen molar-refractivity contribution in [2.75, 3.05) is 26.9 Å². The molecular weight excluding hydrogens is 417 g/mol. The van der Waals surface area contributed by atoms with Crippen molar-refractivity contribution in [2.24, 2.45) is 5.92 Å². The minimum Gasteiger partial charge on any atom is -0.411 e. The van der Waals surface area contributed by atoms with Crippen LogP contribution >= 0.6 is 0 Å². The molecule has 0 amide bonds. The Bertz CT molecular complexity index is 617. The third-order valence-electron chi connectivity index (χ3n) is 7.54. The van der Waals surface area contributed by atoms with E-state index in [-0.39, 0.29) is 41.5 Å². The molecule has 0 radical (unpaired) electrons. The minimum absolute atomic E-state index is 0.0158. The van der Waals surface area contributed by atoms with Gasteiger partial charge in [0, 0.05) is 13.7 Å². The Morgan fingerprint density at radius 2 is 1.80 bits per heavy atom. The van der Waals surface area contributed by atoms with E-state index in [4.69, 9.17) is 23.4 Å². The number of hydrogen-bond donors (Lipinski definition) is 0. The summed E-state index contributed by atoms with van der Waals surface area (Å²) in [6.07, 6.45) is -2.52. The molecule has 0 aromatic heterocycles. The lowest BCUT2D eigenvalue weighted by atomic mass is 9.68.